The number of hydrogen-bond donors (Lipinski definition) is 0. The van der Waals surface area contributed by atoms with Gasteiger partial charge in [0, 0.05) is 25.2 Å². The van der Waals surface area contributed by atoms with Crippen molar-refractivity contribution < 1.29 is 19.0 Å². The molecule has 3 rings (SSSR count). The van der Waals surface area contributed by atoms with Gasteiger partial charge in [0.05, 0.1) is 26.4 Å². The van der Waals surface area contributed by atoms with Gasteiger partial charge in [-0.25, -0.2) is 0 Å². The first-order valence-corrected chi connectivity index (χ1v) is 11.0. The SMILES string of the molecule is O=Cc1ccc(OCCOCCOCCN(Cc2ccccc2)Cc2ccccc2)cc1. The number of hydrogen-bond acceptors (Lipinski definition) is 5. The van der Waals surface area contributed by atoms with Crippen LogP contribution in [0.2, 0.25) is 0 Å². The molecule has 0 saturated heterocycles. The van der Waals surface area contributed by atoms with E-state index in [1.165, 1.54) is 11.1 Å². The third kappa shape index (κ3) is 9.02. The first-order chi connectivity index (χ1) is 15.8. The van der Waals surface area contributed by atoms with E-state index in [0.717, 1.165) is 31.7 Å². The van der Waals surface area contributed by atoms with Crippen molar-refractivity contribution in [3.05, 3.63) is 102 Å². The molecule has 0 radical (unpaired) electrons. The Morgan fingerprint density at radius 1 is 0.625 bits per heavy atom. The zero-order chi connectivity index (χ0) is 22.3. The number of carbonyl (C=O) groups excluding carboxylic acids is 1. The van der Waals surface area contributed by atoms with Gasteiger partial charge >= 0.3 is 0 Å². The Hall–Kier alpha value is -2.99. The molecule has 0 atom stereocenters. The summed E-state index contributed by atoms with van der Waals surface area (Å²) in [6, 6.07) is 28.1. The van der Waals surface area contributed by atoms with E-state index in [-0.39, 0.29) is 0 Å². The van der Waals surface area contributed by atoms with E-state index in [2.05, 4.69) is 53.4 Å². The number of ether oxygens (including phenoxy) is 3. The van der Waals surface area contributed by atoms with E-state index in [0.29, 0.717) is 38.6 Å². The second kappa shape index (κ2) is 14.1. The van der Waals surface area contributed by atoms with Gasteiger partial charge in [-0.3, -0.25) is 9.69 Å². The van der Waals surface area contributed by atoms with Crippen LogP contribution in [0.1, 0.15) is 21.5 Å². The second-order valence-electron chi connectivity index (χ2n) is 7.44. The van der Waals surface area contributed by atoms with Crippen LogP contribution in [0, 0.1) is 0 Å². The van der Waals surface area contributed by atoms with Gasteiger partial charge in [-0.15, -0.1) is 0 Å². The number of benzene rings is 3. The van der Waals surface area contributed by atoms with Gasteiger partial charge in [0.1, 0.15) is 18.6 Å². The molecule has 0 aromatic heterocycles. The summed E-state index contributed by atoms with van der Waals surface area (Å²) < 4.78 is 17.0. The van der Waals surface area contributed by atoms with Gasteiger partial charge in [-0.2, -0.15) is 0 Å². The lowest BCUT2D eigenvalue weighted by Crippen LogP contribution is -2.27. The van der Waals surface area contributed by atoms with Gasteiger partial charge < -0.3 is 14.2 Å². The third-order valence-electron chi connectivity index (χ3n) is 4.93. The van der Waals surface area contributed by atoms with Crippen LogP contribution in [0.5, 0.6) is 5.75 Å². The molecule has 0 spiro atoms. The van der Waals surface area contributed by atoms with E-state index in [4.69, 9.17) is 14.2 Å². The van der Waals surface area contributed by atoms with Gasteiger partial charge in [0.25, 0.3) is 0 Å². The second-order valence-corrected chi connectivity index (χ2v) is 7.44. The van der Waals surface area contributed by atoms with Crippen LogP contribution < -0.4 is 4.74 Å². The monoisotopic (exact) mass is 433 g/mol. The first-order valence-electron chi connectivity index (χ1n) is 11.0. The largest absolute Gasteiger partial charge is 0.491 e. The summed E-state index contributed by atoms with van der Waals surface area (Å²) >= 11 is 0. The van der Waals surface area contributed by atoms with E-state index in [9.17, 15) is 4.79 Å². The van der Waals surface area contributed by atoms with E-state index >= 15 is 0 Å². The highest BCUT2D eigenvalue weighted by molar-refractivity contribution is 5.74. The average molecular weight is 434 g/mol. The summed E-state index contributed by atoms with van der Waals surface area (Å²) in [6.45, 7) is 5.33. The Balaban J connectivity index is 1.29. The molecule has 5 heteroatoms. The van der Waals surface area contributed by atoms with Crippen molar-refractivity contribution in [2.24, 2.45) is 0 Å². The highest BCUT2D eigenvalue weighted by Crippen LogP contribution is 2.11. The maximum absolute atomic E-state index is 10.7. The van der Waals surface area contributed by atoms with Gasteiger partial charge in [0.15, 0.2) is 0 Å². The summed E-state index contributed by atoms with van der Waals surface area (Å²) in [5.74, 6) is 0.729. The molecule has 0 aliphatic heterocycles. The lowest BCUT2D eigenvalue weighted by Gasteiger charge is -2.22. The van der Waals surface area contributed by atoms with Crippen molar-refractivity contribution in [1.82, 2.24) is 4.90 Å². The van der Waals surface area contributed by atoms with Crippen LogP contribution in [0.15, 0.2) is 84.9 Å². The molecule has 0 saturated carbocycles. The molecule has 0 unspecified atom stereocenters. The Bertz CT molecular complexity index is 843. The molecule has 0 amide bonds. The summed E-state index contributed by atoms with van der Waals surface area (Å²) in [5.41, 5.74) is 3.23. The lowest BCUT2D eigenvalue weighted by atomic mass is 10.1. The standard InChI is InChI=1S/C27H31NO4/c29-23-26-11-13-27(14-12-26)32-20-19-31-18-17-30-16-15-28(21-24-7-3-1-4-8-24)22-25-9-5-2-6-10-25/h1-14,23H,15-22H2. The normalized spacial score (nSPS) is 10.9. The van der Waals surface area contributed by atoms with Crippen LogP contribution in [0.25, 0.3) is 0 Å². The highest BCUT2D eigenvalue weighted by atomic mass is 16.5. The number of nitrogens with zero attached hydrogens (tertiary/aromatic N) is 1. The summed E-state index contributed by atoms with van der Waals surface area (Å²) in [6.07, 6.45) is 0.815. The molecule has 0 N–H and O–H groups in total. The van der Waals surface area contributed by atoms with Crippen LogP contribution >= 0.6 is 0 Å². The smallest absolute Gasteiger partial charge is 0.150 e. The van der Waals surface area contributed by atoms with Gasteiger partial charge in [0.2, 0.25) is 0 Å². The molecule has 3 aromatic carbocycles. The van der Waals surface area contributed by atoms with Crippen LogP contribution in [-0.2, 0) is 22.6 Å². The number of carbonyl (C=O) groups is 1. The molecule has 0 fully saturated rings. The maximum atomic E-state index is 10.7. The molecule has 0 aliphatic carbocycles. The van der Waals surface area contributed by atoms with Crippen molar-refractivity contribution in [2.75, 3.05) is 39.6 Å². The summed E-state index contributed by atoms with van der Waals surface area (Å²) in [4.78, 5) is 13.0. The average Bonchev–Trinajstić information content (AvgIpc) is 2.84. The van der Waals surface area contributed by atoms with Crippen molar-refractivity contribution >= 4 is 6.29 Å². The molecule has 0 heterocycles. The van der Waals surface area contributed by atoms with Crippen LogP contribution in [-0.4, -0.2) is 50.8 Å². The van der Waals surface area contributed by atoms with Crippen molar-refractivity contribution in [2.45, 2.75) is 13.1 Å². The minimum Gasteiger partial charge on any atom is -0.491 e. The predicted octanol–water partition coefficient (Wildman–Crippen LogP) is 4.61. The number of rotatable bonds is 15. The zero-order valence-corrected chi connectivity index (χ0v) is 18.4. The molecule has 0 bridgehead atoms. The quantitative estimate of drug-likeness (QED) is 0.259. The minimum atomic E-state index is 0.461. The molecule has 5 nitrogen and oxygen atoms in total. The molecule has 168 valence electrons. The molecular formula is C27H31NO4. The topological polar surface area (TPSA) is 48.0 Å². The van der Waals surface area contributed by atoms with Crippen molar-refractivity contribution in [1.29, 1.82) is 0 Å². The van der Waals surface area contributed by atoms with Crippen LogP contribution in [0.4, 0.5) is 0 Å². The fourth-order valence-electron chi connectivity index (χ4n) is 3.27. The van der Waals surface area contributed by atoms with Crippen molar-refractivity contribution in [3.8, 4) is 5.75 Å². The van der Waals surface area contributed by atoms with E-state index in [1.54, 1.807) is 24.3 Å². The molecular weight excluding hydrogens is 402 g/mol. The lowest BCUT2D eigenvalue weighted by molar-refractivity contribution is 0.0279. The van der Waals surface area contributed by atoms with Crippen molar-refractivity contribution in [3.63, 3.8) is 0 Å². The molecule has 0 aliphatic rings. The minimum absolute atomic E-state index is 0.461. The van der Waals surface area contributed by atoms with E-state index in [1.807, 2.05) is 12.1 Å². The predicted molar refractivity (Wildman–Crippen MR) is 126 cm³/mol. The fraction of sp³-hybridized carbons (Fsp3) is 0.296. The molecule has 32 heavy (non-hydrogen) atoms. The highest BCUT2D eigenvalue weighted by Gasteiger charge is 2.07. The fourth-order valence-corrected chi connectivity index (χ4v) is 3.27. The van der Waals surface area contributed by atoms with Gasteiger partial charge in [-0.1, -0.05) is 60.7 Å². The first kappa shape index (κ1) is 23.7. The zero-order valence-electron chi connectivity index (χ0n) is 18.4. The summed E-state index contributed by atoms with van der Waals surface area (Å²) in [7, 11) is 0. The maximum Gasteiger partial charge on any atom is 0.150 e. The Morgan fingerprint density at radius 3 is 1.72 bits per heavy atom. The Morgan fingerprint density at radius 2 is 1.16 bits per heavy atom. The Kier molecular flexibility index (Phi) is 10.5. The van der Waals surface area contributed by atoms with Gasteiger partial charge in [-0.05, 0) is 35.4 Å². The Labute approximate surface area is 190 Å². The summed E-state index contributed by atoms with van der Waals surface area (Å²) in [5, 5.41) is 0. The third-order valence-corrected chi connectivity index (χ3v) is 4.93. The van der Waals surface area contributed by atoms with Crippen LogP contribution in [0.3, 0.4) is 0 Å². The molecule has 3 aromatic rings. The van der Waals surface area contributed by atoms with E-state index < -0.39 is 0 Å². The number of aldehydes is 1.